The molecule has 1 atom stereocenters. The second-order valence-corrected chi connectivity index (χ2v) is 9.62. The molecular formula is C28H35F3N6. The number of para-hydroxylation sites is 1. The van der Waals surface area contributed by atoms with Crippen LogP contribution in [0.25, 0.3) is 0 Å². The minimum absolute atomic E-state index is 0.0212. The molecule has 5 N–H and O–H groups in total. The molecule has 2 aromatic carbocycles. The number of likely N-dealkylation sites (tertiary alicyclic amines) is 1. The molecule has 0 aromatic heterocycles. The molecule has 2 aliphatic heterocycles. The van der Waals surface area contributed by atoms with Gasteiger partial charge in [-0.2, -0.15) is 13.2 Å². The molecule has 0 bridgehead atoms. The maximum atomic E-state index is 14.2. The van der Waals surface area contributed by atoms with Crippen LogP contribution in [-0.2, 0) is 6.18 Å². The van der Waals surface area contributed by atoms with Crippen molar-refractivity contribution >= 4 is 17.6 Å². The average molecular weight is 513 g/mol. The normalized spacial score (nSPS) is 17.8. The molecule has 1 unspecified atom stereocenters. The Kier molecular flexibility index (Phi) is 8.12. The molecule has 0 amide bonds. The van der Waals surface area contributed by atoms with Gasteiger partial charge >= 0.3 is 6.18 Å². The predicted molar refractivity (Wildman–Crippen MR) is 144 cm³/mol. The fourth-order valence-electron chi connectivity index (χ4n) is 4.99. The molecule has 4 rings (SSSR count). The Hall–Kier alpha value is -3.46. The van der Waals surface area contributed by atoms with Gasteiger partial charge in [0, 0.05) is 43.3 Å². The van der Waals surface area contributed by atoms with Gasteiger partial charge in [0.25, 0.3) is 0 Å². The van der Waals surface area contributed by atoms with E-state index in [2.05, 4.69) is 32.8 Å². The van der Waals surface area contributed by atoms with Crippen LogP contribution in [0.1, 0.15) is 48.1 Å². The number of halogens is 3. The van der Waals surface area contributed by atoms with Gasteiger partial charge < -0.3 is 26.6 Å². The minimum Gasteiger partial charge on any atom is -0.398 e. The van der Waals surface area contributed by atoms with Crippen molar-refractivity contribution in [1.82, 2.24) is 15.5 Å². The number of allylic oxidation sites excluding steroid dienone is 2. The monoisotopic (exact) mass is 512 g/mol. The molecule has 2 aromatic rings. The smallest absolute Gasteiger partial charge is 0.398 e. The first-order chi connectivity index (χ1) is 17.7. The molecule has 6 nitrogen and oxygen atoms in total. The molecule has 2 aliphatic rings. The molecule has 0 spiro atoms. The Balaban J connectivity index is 1.73. The van der Waals surface area contributed by atoms with Crippen molar-refractivity contribution in [1.29, 1.82) is 0 Å². The highest BCUT2D eigenvalue weighted by Gasteiger charge is 2.36. The molecule has 198 valence electrons. The first-order valence-corrected chi connectivity index (χ1v) is 12.6. The molecule has 0 aliphatic carbocycles. The largest absolute Gasteiger partial charge is 0.418 e. The van der Waals surface area contributed by atoms with Gasteiger partial charge in [-0.05, 0) is 61.2 Å². The van der Waals surface area contributed by atoms with Gasteiger partial charge in [-0.3, -0.25) is 4.99 Å². The van der Waals surface area contributed by atoms with E-state index in [-0.39, 0.29) is 5.69 Å². The fraction of sp³-hybridized carbons (Fsp3) is 0.393. The van der Waals surface area contributed by atoms with Crippen molar-refractivity contribution in [3.63, 3.8) is 0 Å². The molecule has 37 heavy (non-hydrogen) atoms. The second-order valence-electron chi connectivity index (χ2n) is 9.62. The summed E-state index contributed by atoms with van der Waals surface area (Å²) in [6, 6.07) is 9.11. The summed E-state index contributed by atoms with van der Waals surface area (Å²) >= 11 is 0. The van der Waals surface area contributed by atoms with Crippen molar-refractivity contribution in [2.75, 3.05) is 44.8 Å². The van der Waals surface area contributed by atoms with Crippen LogP contribution in [0.2, 0.25) is 0 Å². The SMILES string of the molecule is CN=Cc1c(N)cccc1C(NC)c1cccc(C(F)(F)F)c1NC1=CC=C(N2CCC(C)CC2)NC1. The summed E-state index contributed by atoms with van der Waals surface area (Å²) in [6.07, 6.45) is 3.18. The zero-order valence-electron chi connectivity index (χ0n) is 21.5. The number of nitrogens with two attached hydrogens (primary N) is 1. The summed E-state index contributed by atoms with van der Waals surface area (Å²) in [5, 5.41) is 9.69. The maximum Gasteiger partial charge on any atom is 0.418 e. The number of anilines is 2. The summed E-state index contributed by atoms with van der Waals surface area (Å²) in [7, 11) is 3.36. The molecule has 0 saturated carbocycles. The first-order valence-electron chi connectivity index (χ1n) is 12.6. The quantitative estimate of drug-likeness (QED) is 0.306. The lowest BCUT2D eigenvalue weighted by atomic mass is 9.91. The lowest BCUT2D eigenvalue weighted by Crippen LogP contribution is -2.39. The standard InChI is InChI=1S/C28H35F3N6/c1-18-12-14-37(15-13-18)25-11-10-19(16-35-25)36-27-21(7-4-8-23(27)28(29,30)31)26(34-3)20-6-5-9-24(32)22(20)17-33-2/h4-11,17-18,26,34-36H,12-16,32H2,1-3H3. The Labute approximate surface area is 216 Å². The Morgan fingerprint density at radius 1 is 1.11 bits per heavy atom. The third kappa shape index (κ3) is 5.93. The van der Waals surface area contributed by atoms with Crippen LogP contribution in [0.4, 0.5) is 24.5 Å². The Bertz CT molecular complexity index is 1190. The predicted octanol–water partition coefficient (Wildman–Crippen LogP) is 5.12. The van der Waals surface area contributed by atoms with Crippen molar-refractivity contribution in [2.24, 2.45) is 10.9 Å². The van der Waals surface area contributed by atoms with Crippen LogP contribution in [0, 0.1) is 5.92 Å². The summed E-state index contributed by atoms with van der Waals surface area (Å²) in [5.41, 5.74) is 8.56. The van der Waals surface area contributed by atoms with E-state index in [1.165, 1.54) is 6.07 Å². The summed E-state index contributed by atoms with van der Waals surface area (Å²) in [5.74, 6) is 1.73. The number of piperidine rings is 1. The molecular weight excluding hydrogens is 477 g/mol. The van der Waals surface area contributed by atoms with Crippen molar-refractivity contribution < 1.29 is 13.2 Å². The van der Waals surface area contributed by atoms with E-state index in [1.54, 1.807) is 38.5 Å². The number of aliphatic imine (C=N–C) groups is 1. The number of rotatable bonds is 7. The van der Waals surface area contributed by atoms with Gasteiger partial charge in [0.15, 0.2) is 0 Å². The highest BCUT2D eigenvalue weighted by molar-refractivity contribution is 5.89. The Morgan fingerprint density at radius 3 is 2.43 bits per heavy atom. The van der Waals surface area contributed by atoms with E-state index in [9.17, 15) is 13.2 Å². The van der Waals surface area contributed by atoms with Crippen molar-refractivity contribution in [3.05, 3.63) is 82.3 Å². The number of nitrogen functional groups attached to an aromatic ring is 1. The van der Waals surface area contributed by atoms with E-state index in [0.29, 0.717) is 29.1 Å². The molecule has 0 radical (unpaired) electrons. The van der Waals surface area contributed by atoms with Gasteiger partial charge in [-0.25, -0.2) is 0 Å². The van der Waals surface area contributed by atoms with Crippen LogP contribution >= 0.6 is 0 Å². The van der Waals surface area contributed by atoms with Crippen molar-refractivity contribution in [2.45, 2.75) is 32.0 Å². The highest BCUT2D eigenvalue weighted by atomic mass is 19.4. The summed E-state index contributed by atoms with van der Waals surface area (Å²) < 4.78 is 42.6. The summed E-state index contributed by atoms with van der Waals surface area (Å²) in [6.45, 7) is 4.62. The lowest BCUT2D eigenvalue weighted by molar-refractivity contribution is -0.137. The second kappa shape index (κ2) is 11.3. The van der Waals surface area contributed by atoms with Gasteiger partial charge in [0.2, 0.25) is 0 Å². The van der Waals surface area contributed by atoms with E-state index in [0.717, 1.165) is 49.3 Å². The van der Waals surface area contributed by atoms with Crippen LogP contribution in [0.5, 0.6) is 0 Å². The van der Waals surface area contributed by atoms with Crippen LogP contribution < -0.4 is 21.7 Å². The number of benzene rings is 2. The van der Waals surface area contributed by atoms with E-state index >= 15 is 0 Å². The van der Waals surface area contributed by atoms with Crippen LogP contribution in [-0.4, -0.2) is 44.8 Å². The van der Waals surface area contributed by atoms with E-state index < -0.39 is 17.8 Å². The molecule has 2 heterocycles. The number of dihydropyridines is 1. The molecule has 1 saturated heterocycles. The van der Waals surface area contributed by atoms with Crippen molar-refractivity contribution in [3.8, 4) is 0 Å². The Morgan fingerprint density at radius 2 is 1.81 bits per heavy atom. The zero-order chi connectivity index (χ0) is 26.6. The van der Waals surface area contributed by atoms with Crippen LogP contribution in [0.3, 0.4) is 0 Å². The maximum absolute atomic E-state index is 14.2. The van der Waals surface area contributed by atoms with E-state index in [4.69, 9.17) is 5.73 Å². The third-order valence-electron chi connectivity index (χ3n) is 7.06. The van der Waals surface area contributed by atoms with Gasteiger partial charge in [-0.1, -0.05) is 31.2 Å². The van der Waals surface area contributed by atoms with Gasteiger partial charge in [0.05, 0.1) is 23.8 Å². The number of nitrogens with zero attached hydrogens (tertiary/aromatic N) is 2. The minimum atomic E-state index is -4.53. The summed E-state index contributed by atoms with van der Waals surface area (Å²) in [4.78, 5) is 6.41. The number of hydrogen-bond acceptors (Lipinski definition) is 6. The molecule has 9 heteroatoms. The van der Waals surface area contributed by atoms with E-state index in [1.807, 2.05) is 18.2 Å². The number of alkyl halides is 3. The lowest BCUT2D eigenvalue weighted by Gasteiger charge is -2.35. The first kappa shape index (κ1) is 26.6. The topological polar surface area (TPSA) is 77.7 Å². The van der Waals surface area contributed by atoms with Crippen LogP contribution in [0.15, 0.2) is 65.1 Å². The number of hydrogen-bond donors (Lipinski definition) is 4. The third-order valence-corrected chi connectivity index (χ3v) is 7.06. The highest BCUT2D eigenvalue weighted by Crippen LogP contribution is 2.41. The van der Waals surface area contributed by atoms with Gasteiger partial charge in [0.1, 0.15) is 5.82 Å². The molecule has 1 fully saturated rings. The zero-order valence-corrected chi connectivity index (χ0v) is 21.5. The average Bonchev–Trinajstić information content (AvgIpc) is 2.87. The van der Waals surface area contributed by atoms with Gasteiger partial charge in [-0.15, -0.1) is 0 Å². The number of nitrogens with one attached hydrogen (secondary N) is 3. The fourth-order valence-corrected chi connectivity index (χ4v) is 4.99.